The Labute approximate surface area is 82.1 Å². The van der Waals surface area contributed by atoms with E-state index in [1.165, 1.54) is 0 Å². The van der Waals surface area contributed by atoms with Crippen molar-refractivity contribution in [2.75, 3.05) is 6.61 Å². The molecule has 1 atom stereocenters. The number of halogens is 5. The Morgan fingerprint density at radius 2 is 1.73 bits per heavy atom. The summed E-state index contributed by atoms with van der Waals surface area (Å²) in [6.45, 7) is 2.91. The highest BCUT2D eigenvalue weighted by Crippen LogP contribution is 2.43. The average Bonchev–Trinajstić information content (AvgIpc) is 2.02. The third-order valence-electron chi connectivity index (χ3n) is 1.36. The molecule has 1 N–H and O–H groups in total. The molecule has 0 rings (SSSR count). The zero-order valence-electron chi connectivity index (χ0n) is 7.65. The second-order valence-corrected chi connectivity index (χ2v) is 2.38. The number of hydrogen-bond acceptors (Lipinski definition) is 3. The van der Waals surface area contributed by atoms with Gasteiger partial charge in [-0.05, 0) is 6.92 Å². The predicted molar refractivity (Wildman–Crippen MR) is 38.9 cm³/mol. The van der Waals surface area contributed by atoms with Crippen LogP contribution in [0.4, 0.5) is 22.0 Å². The Bertz CT molecular complexity index is 227. The summed E-state index contributed by atoms with van der Waals surface area (Å²) < 4.78 is 68.9. The first-order valence-electron chi connectivity index (χ1n) is 3.72. The summed E-state index contributed by atoms with van der Waals surface area (Å²) in [5.74, 6) is -4.69. The van der Waals surface area contributed by atoms with Crippen LogP contribution in [0.1, 0.15) is 6.92 Å². The van der Waals surface area contributed by atoms with Crippen LogP contribution in [0.5, 0.6) is 0 Å². The second-order valence-electron chi connectivity index (χ2n) is 2.38. The number of alkyl halides is 5. The lowest BCUT2D eigenvalue weighted by Gasteiger charge is -2.34. The van der Waals surface area contributed by atoms with Gasteiger partial charge in [-0.1, -0.05) is 6.58 Å². The van der Waals surface area contributed by atoms with E-state index in [-0.39, 0.29) is 6.26 Å². The fourth-order valence-corrected chi connectivity index (χ4v) is 0.724. The van der Waals surface area contributed by atoms with Crippen molar-refractivity contribution in [1.82, 2.24) is 0 Å². The van der Waals surface area contributed by atoms with Crippen molar-refractivity contribution in [1.29, 1.82) is 0 Å². The number of aliphatic hydroxyl groups is 1. The molecule has 0 bridgehead atoms. The minimum atomic E-state index is -5.70. The summed E-state index contributed by atoms with van der Waals surface area (Å²) in [5.41, 5.74) is 0. The lowest BCUT2D eigenvalue weighted by atomic mass is 10.2. The minimum absolute atomic E-state index is 0.0791. The van der Waals surface area contributed by atoms with E-state index in [2.05, 4.69) is 16.1 Å². The highest BCUT2D eigenvalue weighted by molar-refractivity contribution is 4.86. The maximum absolute atomic E-state index is 12.8. The number of rotatable bonds is 5. The van der Waals surface area contributed by atoms with Crippen LogP contribution in [-0.4, -0.2) is 29.8 Å². The topological polar surface area (TPSA) is 38.7 Å². The fourth-order valence-electron chi connectivity index (χ4n) is 0.724. The molecule has 0 aromatic carbocycles. The van der Waals surface area contributed by atoms with E-state index >= 15 is 0 Å². The van der Waals surface area contributed by atoms with Crippen LogP contribution in [0.3, 0.4) is 0 Å². The summed E-state index contributed by atoms with van der Waals surface area (Å²) in [6, 6.07) is 0. The molecule has 0 aliphatic rings. The fraction of sp³-hybridized carbons (Fsp3) is 0.714. The lowest BCUT2D eigenvalue weighted by molar-refractivity contribution is -0.474. The third-order valence-corrected chi connectivity index (χ3v) is 1.36. The Balaban J connectivity index is 5.18. The van der Waals surface area contributed by atoms with Gasteiger partial charge in [0.25, 0.3) is 0 Å². The third kappa shape index (κ3) is 2.57. The molecule has 0 saturated carbocycles. The van der Waals surface area contributed by atoms with Gasteiger partial charge in [-0.15, -0.1) is 0 Å². The SMILES string of the molecule is C=COC(F)(F)C(O)(OCC)C(F)(F)F. The van der Waals surface area contributed by atoms with Gasteiger partial charge < -0.3 is 14.6 Å². The molecule has 0 heterocycles. The molecule has 3 nitrogen and oxygen atoms in total. The molecule has 0 aromatic heterocycles. The van der Waals surface area contributed by atoms with Gasteiger partial charge in [0.2, 0.25) is 0 Å². The molecule has 1 unspecified atom stereocenters. The second kappa shape index (κ2) is 4.31. The molecule has 0 aliphatic heterocycles. The Kier molecular flexibility index (Phi) is 4.06. The molecule has 0 fully saturated rings. The number of hydrogen-bond donors (Lipinski definition) is 1. The summed E-state index contributed by atoms with van der Waals surface area (Å²) in [6.07, 6.45) is -10.6. The van der Waals surface area contributed by atoms with Crippen molar-refractivity contribution >= 4 is 0 Å². The van der Waals surface area contributed by atoms with Gasteiger partial charge in [0.1, 0.15) is 0 Å². The first kappa shape index (κ1) is 14.1. The van der Waals surface area contributed by atoms with Crippen LogP contribution in [-0.2, 0) is 9.47 Å². The Morgan fingerprint density at radius 1 is 1.27 bits per heavy atom. The molecule has 15 heavy (non-hydrogen) atoms. The Hall–Kier alpha value is -0.890. The molecule has 0 amide bonds. The summed E-state index contributed by atoms with van der Waals surface area (Å²) in [5, 5.41) is 8.74. The van der Waals surface area contributed by atoms with Crippen LogP contribution in [0.2, 0.25) is 0 Å². The minimum Gasteiger partial charge on any atom is -0.437 e. The van der Waals surface area contributed by atoms with Crippen molar-refractivity contribution in [3.05, 3.63) is 12.8 Å². The smallest absolute Gasteiger partial charge is 0.437 e. The summed E-state index contributed by atoms with van der Waals surface area (Å²) >= 11 is 0. The van der Waals surface area contributed by atoms with Crippen molar-refractivity contribution in [3.8, 4) is 0 Å². The molecule has 90 valence electrons. The van der Waals surface area contributed by atoms with Gasteiger partial charge in [0.05, 0.1) is 6.26 Å². The molecule has 8 heteroatoms. The first-order valence-corrected chi connectivity index (χ1v) is 3.72. The summed E-state index contributed by atoms with van der Waals surface area (Å²) in [7, 11) is 0. The van der Waals surface area contributed by atoms with E-state index in [1.807, 2.05) is 0 Å². The van der Waals surface area contributed by atoms with Gasteiger partial charge >= 0.3 is 18.1 Å². The maximum atomic E-state index is 12.8. The van der Waals surface area contributed by atoms with Crippen molar-refractivity contribution in [2.24, 2.45) is 0 Å². The number of ether oxygens (including phenoxy) is 2. The standard InChI is InChI=1S/C7H9F5O3/c1-3-14-5(13,6(8,9)10)7(11,12)15-4-2/h4,13H,2-3H2,1H3. The zero-order valence-corrected chi connectivity index (χ0v) is 7.65. The van der Waals surface area contributed by atoms with Crippen LogP contribution in [0.15, 0.2) is 12.8 Å². The highest BCUT2D eigenvalue weighted by Gasteiger charge is 2.73. The van der Waals surface area contributed by atoms with Gasteiger partial charge in [0.15, 0.2) is 0 Å². The Morgan fingerprint density at radius 3 is 2.00 bits per heavy atom. The average molecular weight is 236 g/mol. The van der Waals surface area contributed by atoms with E-state index in [9.17, 15) is 22.0 Å². The predicted octanol–water partition coefficient (Wildman–Crippen LogP) is 2.03. The van der Waals surface area contributed by atoms with E-state index in [4.69, 9.17) is 5.11 Å². The van der Waals surface area contributed by atoms with Gasteiger partial charge in [-0.2, -0.15) is 22.0 Å². The molecule has 0 aromatic rings. The van der Waals surface area contributed by atoms with E-state index in [0.29, 0.717) is 0 Å². The van der Waals surface area contributed by atoms with Crippen LogP contribution in [0.25, 0.3) is 0 Å². The molecular weight excluding hydrogens is 227 g/mol. The van der Waals surface area contributed by atoms with E-state index < -0.39 is 24.7 Å². The lowest BCUT2D eigenvalue weighted by Crippen LogP contribution is -2.61. The zero-order chi connectivity index (χ0) is 12.3. The highest BCUT2D eigenvalue weighted by atomic mass is 19.4. The van der Waals surface area contributed by atoms with Crippen LogP contribution in [0, 0.1) is 0 Å². The summed E-state index contributed by atoms with van der Waals surface area (Å²) in [4.78, 5) is 0. The first-order chi connectivity index (χ1) is 6.62. The maximum Gasteiger partial charge on any atom is 0.463 e. The van der Waals surface area contributed by atoms with Gasteiger partial charge in [-0.3, -0.25) is 0 Å². The van der Waals surface area contributed by atoms with E-state index in [0.717, 1.165) is 6.92 Å². The molecule has 0 saturated heterocycles. The van der Waals surface area contributed by atoms with Crippen LogP contribution >= 0.6 is 0 Å². The monoisotopic (exact) mass is 236 g/mol. The molecule has 0 radical (unpaired) electrons. The molecule has 0 aliphatic carbocycles. The van der Waals surface area contributed by atoms with Crippen molar-refractivity contribution in [2.45, 2.75) is 25.0 Å². The van der Waals surface area contributed by atoms with Crippen LogP contribution < -0.4 is 0 Å². The quantitative estimate of drug-likeness (QED) is 0.451. The van der Waals surface area contributed by atoms with Gasteiger partial charge in [0, 0.05) is 6.61 Å². The van der Waals surface area contributed by atoms with Crippen molar-refractivity contribution < 1.29 is 36.5 Å². The largest absolute Gasteiger partial charge is 0.463 e. The molecular formula is C7H9F5O3. The normalized spacial score (nSPS) is 17.0. The van der Waals surface area contributed by atoms with E-state index in [1.54, 1.807) is 0 Å². The van der Waals surface area contributed by atoms with Crippen molar-refractivity contribution in [3.63, 3.8) is 0 Å². The van der Waals surface area contributed by atoms with Gasteiger partial charge in [-0.25, -0.2) is 0 Å². The molecule has 0 spiro atoms.